The van der Waals surface area contributed by atoms with E-state index >= 15 is 0 Å². The predicted octanol–water partition coefficient (Wildman–Crippen LogP) is 1.13. The fourth-order valence-electron chi connectivity index (χ4n) is 4.31. The monoisotopic (exact) mass is 402 g/mol. The van der Waals surface area contributed by atoms with Gasteiger partial charge in [-0.1, -0.05) is 11.6 Å². The number of hydrogen-bond acceptors (Lipinski definition) is 5. The lowest BCUT2D eigenvalue weighted by atomic mass is 9.60. The fraction of sp³-hybridized carbons (Fsp3) is 0.600. The zero-order valence-electron chi connectivity index (χ0n) is 14.3. The van der Waals surface area contributed by atoms with Gasteiger partial charge in [-0.25, -0.2) is 19.0 Å². The van der Waals surface area contributed by atoms with Gasteiger partial charge in [-0.3, -0.25) is 0 Å². The number of hydrogen-bond donors (Lipinski definition) is 1. The Balaban J connectivity index is 1.48. The van der Waals surface area contributed by atoms with Gasteiger partial charge in [-0.05, 0) is 31.4 Å². The third-order valence-electron chi connectivity index (χ3n) is 5.41. The molecule has 26 heavy (non-hydrogen) atoms. The Bertz CT molecular complexity index is 950. The van der Waals surface area contributed by atoms with Crippen molar-refractivity contribution in [3.63, 3.8) is 0 Å². The average Bonchev–Trinajstić information content (AvgIpc) is 2.78. The van der Waals surface area contributed by atoms with Crippen molar-refractivity contribution in [1.29, 1.82) is 0 Å². The van der Waals surface area contributed by atoms with Crippen LogP contribution in [0, 0.1) is 12.3 Å². The summed E-state index contributed by atoms with van der Waals surface area (Å²) >= 11 is 6.19. The Morgan fingerprint density at radius 1 is 1.46 bits per heavy atom. The zero-order chi connectivity index (χ0) is 18.7. The molecule has 11 heteroatoms. The van der Waals surface area contributed by atoms with Crippen LogP contribution in [0.3, 0.4) is 0 Å². The number of halogens is 2. The van der Waals surface area contributed by atoms with E-state index in [4.69, 9.17) is 16.7 Å². The molecule has 2 fully saturated rings. The van der Waals surface area contributed by atoms with Crippen molar-refractivity contribution < 1.29 is 12.8 Å². The highest BCUT2D eigenvalue weighted by Crippen LogP contribution is 2.52. The van der Waals surface area contributed by atoms with Crippen molar-refractivity contribution in [2.24, 2.45) is 10.6 Å². The van der Waals surface area contributed by atoms with Crippen LogP contribution in [0.4, 0.5) is 10.2 Å². The molecule has 1 saturated carbocycles. The molecule has 0 atom stereocenters. The molecule has 1 spiro atoms. The summed E-state index contributed by atoms with van der Waals surface area (Å²) < 4.78 is 38.7. The maximum atomic E-state index is 12.7. The second-order valence-corrected chi connectivity index (χ2v) is 9.14. The highest BCUT2D eigenvalue weighted by molar-refractivity contribution is 7.86. The molecule has 0 aromatic carbocycles. The summed E-state index contributed by atoms with van der Waals surface area (Å²) in [6.45, 7) is 2.58. The number of aromatic nitrogens is 3. The van der Waals surface area contributed by atoms with Crippen LogP contribution < -0.4 is 10.0 Å². The van der Waals surface area contributed by atoms with E-state index in [0.29, 0.717) is 18.0 Å². The molecule has 2 aromatic rings. The molecule has 2 aromatic heterocycles. The van der Waals surface area contributed by atoms with Gasteiger partial charge < -0.3 is 4.90 Å². The van der Waals surface area contributed by atoms with Crippen LogP contribution >= 0.6 is 11.6 Å². The van der Waals surface area contributed by atoms with Crippen LogP contribution in [-0.2, 0) is 10.2 Å². The van der Waals surface area contributed by atoms with Crippen LogP contribution in [0.5, 0.6) is 0 Å². The van der Waals surface area contributed by atoms with Gasteiger partial charge in [0.25, 0.3) is 10.2 Å². The van der Waals surface area contributed by atoms with E-state index in [1.807, 2.05) is 13.0 Å². The SMILES string of the molecule is Cc1cc(Cl)n2ncnc(N3CC4(CC(N(CCF)S(N)(=O)=O)C4)C3)c12. The van der Waals surface area contributed by atoms with Crippen molar-refractivity contribution in [2.75, 3.05) is 31.2 Å². The Morgan fingerprint density at radius 2 is 2.15 bits per heavy atom. The van der Waals surface area contributed by atoms with Crippen LogP contribution in [-0.4, -0.2) is 59.7 Å². The second-order valence-electron chi connectivity index (χ2n) is 7.26. The van der Waals surface area contributed by atoms with E-state index in [1.165, 1.54) is 6.33 Å². The summed E-state index contributed by atoms with van der Waals surface area (Å²) in [5.41, 5.74) is 1.92. The summed E-state index contributed by atoms with van der Waals surface area (Å²) in [4.78, 5) is 6.56. The van der Waals surface area contributed by atoms with Gasteiger partial charge in [0.2, 0.25) is 0 Å². The lowest BCUT2D eigenvalue weighted by Crippen LogP contribution is -2.68. The van der Waals surface area contributed by atoms with Crippen molar-refractivity contribution in [3.8, 4) is 0 Å². The molecular weight excluding hydrogens is 383 g/mol. The van der Waals surface area contributed by atoms with Gasteiger partial charge in [0.1, 0.15) is 23.7 Å². The zero-order valence-corrected chi connectivity index (χ0v) is 15.8. The third-order valence-corrected chi connectivity index (χ3v) is 6.81. The smallest absolute Gasteiger partial charge is 0.277 e. The number of rotatable bonds is 5. The van der Waals surface area contributed by atoms with E-state index in [2.05, 4.69) is 15.0 Å². The number of anilines is 1. The highest BCUT2D eigenvalue weighted by Gasteiger charge is 2.55. The Hall–Kier alpha value is -1.49. The van der Waals surface area contributed by atoms with Crippen LogP contribution in [0.1, 0.15) is 18.4 Å². The van der Waals surface area contributed by atoms with Gasteiger partial charge in [0.05, 0.1) is 0 Å². The van der Waals surface area contributed by atoms with E-state index < -0.39 is 16.9 Å². The fourth-order valence-corrected chi connectivity index (χ4v) is 5.49. The number of alkyl halides is 1. The first-order valence-electron chi connectivity index (χ1n) is 8.33. The first-order chi connectivity index (χ1) is 12.2. The van der Waals surface area contributed by atoms with E-state index in [1.54, 1.807) is 4.52 Å². The minimum absolute atomic E-state index is 0.0378. The molecule has 1 aliphatic heterocycles. The van der Waals surface area contributed by atoms with Crippen LogP contribution in [0.25, 0.3) is 5.52 Å². The molecule has 8 nitrogen and oxygen atoms in total. The van der Waals surface area contributed by atoms with Crippen molar-refractivity contribution in [2.45, 2.75) is 25.8 Å². The van der Waals surface area contributed by atoms with E-state index in [9.17, 15) is 12.8 Å². The van der Waals surface area contributed by atoms with Gasteiger partial charge in [-0.15, -0.1) is 0 Å². The molecule has 3 heterocycles. The average molecular weight is 403 g/mol. The lowest BCUT2D eigenvalue weighted by Gasteiger charge is -2.60. The Morgan fingerprint density at radius 3 is 2.77 bits per heavy atom. The number of nitrogens with two attached hydrogens (primary N) is 1. The van der Waals surface area contributed by atoms with Crippen molar-refractivity contribution in [3.05, 3.63) is 23.1 Å². The first-order valence-corrected chi connectivity index (χ1v) is 10.2. The maximum absolute atomic E-state index is 12.7. The summed E-state index contributed by atoms with van der Waals surface area (Å²) in [6.07, 6.45) is 2.84. The quantitative estimate of drug-likeness (QED) is 0.808. The van der Waals surface area contributed by atoms with Crippen molar-refractivity contribution in [1.82, 2.24) is 18.9 Å². The normalized spacial score (nSPS) is 20.0. The largest absolute Gasteiger partial charge is 0.354 e. The lowest BCUT2D eigenvalue weighted by molar-refractivity contribution is 0.0120. The summed E-state index contributed by atoms with van der Waals surface area (Å²) in [7, 11) is -3.88. The topological polar surface area (TPSA) is 96.8 Å². The number of nitrogens with zero attached hydrogens (tertiary/aromatic N) is 5. The first kappa shape index (κ1) is 17.9. The number of fused-ring (bicyclic) bond motifs is 1. The predicted molar refractivity (Wildman–Crippen MR) is 96.2 cm³/mol. The minimum Gasteiger partial charge on any atom is -0.354 e. The molecule has 4 rings (SSSR count). The standard InChI is InChI=1S/C15H20ClFN6O2S/c1-10-4-12(16)23-13(10)14(19-9-20-23)21-7-15(8-21)5-11(6-15)22(3-2-17)26(18,24)25/h4,9,11H,2-3,5-8H2,1H3,(H2,18,24,25). The molecule has 142 valence electrons. The molecule has 0 bridgehead atoms. The Kier molecular flexibility index (Phi) is 4.14. The van der Waals surface area contributed by atoms with E-state index in [0.717, 1.165) is 34.3 Å². The van der Waals surface area contributed by atoms with Crippen LogP contribution in [0.15, 0.2) is 12.4 Å². The molecule has 2 aliphatic rings. The molecule has 0 amide bonds. The summed E-state index contributed by atoms with van der Waals surface area (Å²) in [6, 6.07) is 1.63. The van der Waals surface area contributed by atoms with E-state index in [-0.39, 0.29) is 18.0 Å². The second kappa shape index (κ2) is 6.01. The Labute approximate surface area is 155 Å². The molecule has 0 unspecified atom stereocenters. The summed E-state index contributed by atoms with van der Waals surface area (Å²) in [5.74, 6) is 0.825. The minimum atomic E-state index is -3.88. The van der Waals surface area contributed by atoms with Gasteiger partial charge in [0.15, 0.2) is 5.82 Å². The highest BCUT2D eigenvalue weighted by atomic mass is 35.5. The van der Waals surface area contributed by atoms with Gasteiger partial charge in [0, 0.05) is 31.1 Å². The summed E-state index contributed by atoms with van der Waals surface area (Å²) in [5, 5.41) is 9.93. The van der Waals surface area contributed by atoms with Crippen molar-refractivity contribution >= 4 is 33.1 Å². The molecule has 2 N–H and O–H groups in total. The molecule has 0 radical (unpaired) electrons. The van der Waals surface area contributed by atoms with Gasteiger partial charge in [-0.2, -0.15) is 17.8 Å². The van der Waals surface area contributed by atoms with Crippen LogP contribution in [0.2, 0.25) is 5.15 Å². The molecule has 1 aliphatic carbocycles. The number of aryl methyl sites for hydroxylation is 1. The molecule has 1 saturated heterocycles. The third kappa shape index (κ3) is 2.75. The molecular formula is C15H20ClFN6O2S. The van der Waals surface area contributed by atoms with Gasteiger partial charge >= 0.3 is 0 Å². The maximum Gasteiger partial charge on any atom is 0.277 e.